The quantitative estimate of drug-likeness (QED) is 0.549. The third-order valence-corrected chi connectivity index (χ3v) is 1.80. The van der Waals surface area contributed by atoms with Crippen LogP contribution < -0.4 is 0 Å². The number of allylic oxidation sites excluding steroid dienone is 7. The highest BCUT2D eigenvalue weighted by Gasteiger charge is 1.95. The molecule has 0 unspecified atom stereocenters. The highest BCUT2D eigenvalue weighted by Crippen LogP contribution is 2.15. The average molecular weight is 162 g/mol. The van der Waals surface area contributed by atoms with Crippen LogP contribution in [0.15, 0.2) is 47.6 Å². The molecule has 0 aromatic carbocycles. The number of hydrogen-bond acceptors (Lipinski definition) is 0. The second-order valence-corrected chi connectivity index (χ2v) is 2.98. The Hall–Kier alpha value is -1.04. The van der Waals surface area contributed by atoms with Crippen molar-refractivity contribution in [1.29, 1.82) is 0 Å². The van der Waals surface area contributed by atoms with Crippen molar-refractivity contribution < 1.29 is 0 Å². The molecule has 0 nitrogen and oxygen atoms in total. The highest BCUT2D eigenvalue weighted by atomic mass is 14.0. The van der Waals surface area contributed by atoms with Crippen molar-refractivity contribution in [3.63, 3.8) is 0 Å². The van der Waals surface area contributed by atoms with E-state index in [1.807, 2.05) is 6.08 Å². The zero-order chi connectivity index (χ0) is 9.56. The predicted molar refractivity (Wildman–Crippen MR) is 57.1 cm³/mol. The lowest BCUT2D eigenvalue weighted by molar-refractivity contribution is 1.27. The summed E-state index contributed by atoms with van der Waals surface area (Å²) in [7, 11) is 0. The fraction of sp³-hybridized carbons (Fsp3) is 0.333. The zero-order valence-electron chi connectivity index (χ0n) is 8.52. The molecule has 0 saturated heterocycles. The maximum Gasteiger partial charge on any atom is -0.0244 e. The molecule has 66 valence electrons. The van der Waals surface area contributed by atoms with E-state index >= 15 is 0 Å². The van der Waals surface area contributed by atoms with Crippen LogP contribution in [0, 0.1) is 0 Å². The third kappa shape index (κ3) is 3.38. The molecule has 0 atom stereocenters. The van der Waals surface area contributed by atoms with E-state index in [0.717, 1.165) is 0 Å². The molecule has 0 heteroatoms. The van der Waals surface area contributed by atoms with E-state index in [1.165, 1.54) is 16.7 Å². The normalized spacial score (nSPS) is 11.8. The summed E-state index contributed by atoms with van der Waals surface area (Å²) in [6.07, 6.45) is 7.98. The molecule has 12 heavy (non-hydrogen) atoms. The summed E-state index contributed by atoms with van der Waals surface area (Å²) in [6.45, 7) is 12.1. The summed E-state index contributed by atoms with van der Waals surface area (Å²) in [5.41, 5.74) is 3.95. The van der Waals surface area contributed by atoms with Crippen LogP contribution in [-0.4, -0.2) is 0 Å². The Kier molecular flexibility index (Phi) is 5.11. The van der Waals surface area contributed by atoms with Crippen molar-refractivity contribution in [2.45, 2.75) is 27.7 Å². The van der Waals surface area contributed by atoms with Gasteiger partial charge in [-0.2, -0.15) is 0 Å². The molecule has 0 aliphatic rings. The maximum atomic E-state index is 3.65. The molecule has 0 bridgehead atoms. The van der Waals surface area contributed by atoms with Gasteiger partial charge in [-0.3, -0.25) is 0 Å². The molecule has 0 aromatic heterocycles. The Bertz CT molecular complexity index is 233. The minimum Gasteiger partial charge on any atom is -0.0991 e. The first-order chi connectivity index (χ1) is 5.63. The van der Waals surface area contributed by atoms with E-state index in [4.69, 9.17) is 0 Å². The first-order valence-electron chi connectivity index (χ1n) is 4.23. The lowest BCUT2D eigenvalue weighted by atomic mass is 10.0. The SMILES string of the molecule is C=C/C=C\C(=C(C)C)/C(C)=C\C. The van der Waals surface area contributed by atoms with Gasteiger partial charge in [-0.25, -0.2) is 0 Å². The molecule has 0 heterocycles. The van der Waals surface area contributed by atoms with E-state index in [1.54, 1.807) is 6.08 Å². The Morgan fingerprint density at radius 2 is 1.75 bits per heavy atom. The summed E-state index contributed by atoms with van der Waals surface area (Å²) in [6, 6.07) is 0. The van der Waals surface area contributed by atoms with Crippen LogP contribution in [0.2, 0.25) is 0 Å². The molecule has 0 aliphatic heterocycles. The zero-order valence-corrected chi connectivity index (χ0v) is 8.52. The summed E-state index contributed by atoms with van der Waals surface area (Å²) >= 11 is 0. The van der Waals surface area contributed by atoms with Crippen LogP contribution in [0.1, 0.15) is 27.7 Å². The molecule has 0 amide bonds. The molecular formula is C12H18. The van der Waals surface area contributed by atoms with Crippen LogP contribution in [0.3, 0.4) is 0 Å². The van der Waals surface area contributed by atoms with Gasteiger partial charge in [0, 0.05) is 0 Å². The van der Waals surface area contributed by atoms with Crippen molar-refractivity contribution >= 4 is 0 Å². The molecule has 0 N–H and O–H groups in total. The minimum atomic E-state index is 1.30. The van der Waals surface area contributed by atoms with Crippen LogP contribution in [0.5, 0.6) is 0 Å². The van der Waals surface area contributed by atoms with Crippen LogP contribution >= 0.6 is 0 Å². The van der Waals surface area contributed by atoms with E-state index < -0.39 is 0 Å². The Labute approximate surface area is 76.0 Å². The third-order valence-electron chi connectivity index (χ3n) is 1.80. The Balaban J connectivity index is 4.83. The van der Waals surface area contributed by atoms with Crippen molar-refractivity contribution in [3.8, 4) is 0 Å². The Morgan fingerprint density at radius 1 is 1.17 bits per heavy atom. The van der Waals surface area contributed by atoms with Crippen molar-refractivity contribution in [3.05, 3.63) is 47.6 Å². The van der Waals surface area contributed by atoms with E-state index in [0.29, 0.717) is 0 Å². The lowest BCUT2D eigenvalue weighted by Crippen LogP contribution is -1.83. The van der Waals surface area contributed by atoms with Crippen LogP contribution in [0.25, 0.3) is 0 Å². The van der Waals surface area contributed by atoms with E-state index in [9.17, 15) is 0 Å². The Morgan fingerprint density at radius 3 is 2.08 bits per heavy atom. The topological polar surface area (TPSA) is 0 Å². The molecule has 0 aromatic rings. The summed E-state index contributed by atoms with van der Waals surface area (Å²) in [5, 5.41) is 0. The van der Waals surface area contributed by atoms with Gasteiger partial charge >= 0.3 is 0 Å². The van der Waals surface area contributed by atoms with Crippen molar-refractivity contribution in [1.82, 2.24) is 0 Å². The highest BCUT2D eigenvalue weighted by molar-refractivity contribution is 5.41. The first-order valence-corrected chi connectivity index (χ1v) is 4.23. The average Bonchev–Trinajstić information content (AvgIpc) is 2.04. The fourth-order valence-electron chi connectivity index (χ4n) is 1.01. The molecule has 0 aliphatic carbocycles. The van der Waals surface area contributed by atoms with Gasteiger partial charge in [-0.1, -0.05) is 36.5 Å². The van der Waals surface area contributed by atoms with Gasteiger partial charge in [0.05, 0.1) is 0 Å². The summed E-state index contributed by atoms with van der Waals surface area (Å²) in [4.78, 5) is 0. The fourth-order valence-corrected chi connectivity index (χ4v) is 1.01. The van der Waals surface area contributed by atoms with Gasteiger partial charge in [0.2, 0.25) is 0 Å². The number of rotatable bonds is 3. The van der Waals surface area contributed by atoms with Gasteiger partial charge in [0.1, 0.15) is 0 Å². The largest absolute Gasteiger partial charge is 0.0991 e. The molecule has 0 radical (unpaired) electrons. The van der Waals surface area contributed by atoms with E-state index in [2.05, 4.69) is 46.4 Å². The molecule has 0 saturated carbocycles. The second-order valence-electron chi connectivity index (χ2n) is 2.98. The van der Waals surface area contributed by atoms with Crippen LogP contribution in [-0.2, 0) is 0 Å². The molecular weight excluding hydrogens is 144 g/mol. The molecule has 0 rings (SSSR count). The minimum absolute atomic E-state index is 1.30. The smallest absolute Gasteiger partial charge is 0.0244 e. The van der Waals surface area contributed by atoms with Crippen LogP contribution in [0.4, 0.5) is 0 Å². The second kappa shape index (κ2) is 5.59. The van der Waals surface area contributed by atoms with Crippen molar-refractivity contribution in [2.75, 3.05) is 0 Å². The summed E-state index contributed by atoms with van der Waals surface area (Å²) < 4.78 is 0. The number of hydrogen-bond donors (Lipinski definition) is 0. The van der Waals surface area contributed by atoms with Gasteiger partial charge in [0.25, 0.3) is 0 Å². The maximum absolute atomic E-state index is 3.65. The van der Waals surface area contributed by atoms with Crippen molar-refractivity contribution in [2.24, 2.45) is 0 Å². The lowest BCUT2D eigenvalue weighted by Gasteiger charge is -2.03. The standard InChI is InChI=1S/C12H18/c1-6-8-9-12(10(3)4)11(5)7-2/h6-9H,1H2,2-5H3/b9-8-,11-7-. The van der Waals surface area contributed by atoms with E-state index in [-0.39, 0.29) is 0 Å². The molecule has 0 fully saturated rings. The molecule has 0 spiro atoms. The first kappa shape index (κ1) is 11.0. The van der Waals surface area contributed by atoms with Gasteiger partial charge in [-0.05, 0) is 38.8 Å². The summed E-state index contributed by atoms with van der Waals surface area (Å²) in [5.74, 6) is 0. The van der Waals surface area contributed by atoms with Gasteiger partial charge in [-0.15, -0.1) is 0 Å². The monoisotopic (exact) mass is 162 g/mol. The predicted octanol–water partition coefficient (Wildman–Crippen LogP) is 4.03. The van der Waals surface area contributed by atoms with Gasteiger partial charge in [0.15, 0.2) is 0 Å². The van der Waals surface area contributed by atoms with Gasteiger partial charge < -0.3 is 0 Å².